The molecule has 4 heteroatoms. The Morgan fingerprint density at radius 3 is 3.05 bits per heavy atom. The number of nitrogens with zero attached hydrogens (tertiary/aromatic N) is 1. The van der Waals surface area contributed by atoms with Crippen molar-refractivity contribution in [3.8, 4) is 5.75 Å². The van der Waals surface area contributed by atoms with Crippen molar-refractivity contribution in [3.63, 3.8) is 0 Å². The Morgan fingerprint density at radius 1 is 1.40 bits per heavy atom. The first-order chi connectivity index (χ1) is 9.78. The van der Waals surface area contributed by atoms with E-state index < -0.39 is 0 Å². The van der Waals surface area contributed by atoms with Gasteiger partial charge in [0, 0.05) is 18.2 Å². The van der Waals surface area contributed by atoms with Crippen LogP contribution < -0.4 is 10.1 Å². The molecule has 0 spiro atoms. The molecule has 0 bridgehead atoms. The molecule has 1 aliphatic heterocycles. The molecule has 3 rings (SSSR count). The zero-order valence-electron chi connectivity index (χ0n) is 11.9. The highest BCUT2D eigenvalue weighted by atomic mass is 16.5. The molecular weight excluding hydrogens is 252 g/mol. The fourth-order valence-corrected chi connectivity index (χ4v) is 2.69. The molecule has 0 saturated carbocycles. The number of benzene rings is 1. The number of hydrogen-bond acceptors (Lipinski definition) is 4. The number of pyridine rings is 1. The molecule has 1 fully saturated rings. The number of aromatic nitrogens is 1. The Morgan fingerprint density at radius 2 is 2.30 bits per heavy atom. The first-order valence-corrected chi connectivity index (χ1v) is 7.09. The largest absolute Gasteiger partial charge is 0.497 e. The van der Waals surface area contributed by atoms with Crippen molar-refractivity contribution in [3.05, 3.63) is 30.5 Å². The Kier molecular flexibility index (Phi) is 3.74. The number of anilines is 1. The van der Waals surface area contributed by atoms with Crippen molar-refractivity contribution in [1.29, 1.82) is 0 Å². The lowest BCUT2D eigenvalue weighted by atomic mass is 10.1. The van der Waals surface area contributed by atoms with Crippen molar-refractivity contribution in [1.82, 2.24) is 4.98 Å². The van der Waals surface area contributed by atoms with Gasteiger partial charge in [-0.05, 0) is 43.4 Å². The summed E-state index contributed by atoms with van der Waals surface area (Å²) < 4.78 is 11.0. The maximum atomic E-state index is 5.73. The maximum absolute atomic E-state index is 5.73. The molecule has 2 heterocycles. The fourth-order valence-electron chi connectivity index (χ4n) is 2.69. The van der Waals surface area contributed by atoms with E-state index in [4.69, 9.17) is 9.47 Å². The summed E-state index contributed by atoms with van der Waals surface area (Å²) in [5, 5.41) is 5.72. The first-order valence-electron chi connectivity index (χ1n) is 7.09. The molecule has 106 valence electrons. The zero-order valence-corrected chi connectivity index (χ0v) is 11.9. The molecule has 2 unspecified atom stereocenters. The molecule has 0 aliphatic carbocycles. The van der Waals surface area contributed by atoms with Gasteiger partial charge < -0.3 is 14.8 Å². The van der Waals surface area contributed by atoms with Gasteiger partial charge in [0.2, 0.25) is 0 Å². The lowest BCUT2D eigenvalue weighted by molar-refractivity contribution is 0.0996. The zero-order chi connectivity index (χ0) is 13.9. The summed E-state index contributed by atoms with van der Waals surface area (Å²) in [6.07, 6.45) is 4.37. The van der Waals surface area contributed by atoms with Gasteiger partial charge in [0.15, 0.2) is 0 Å². The number of rotatable bonds is 4. The molecule has 2 atom stereocenters. The van der Waals surface area contributed by atoms with Crippen LogP contribution in [-0.2, 0) is 4.74 Å². The van der Waals surface area contributed by atoms with Crippen LogP contribution in [0.15, 0.2) is 30.5 Å². The van der Waals surface area contributed by atoms with Gasteiger partial charge in [-0.15, -0.1) is 0 Å². The van der Waals surface area contributed by atoms with Gasteiger partial charge in [-0.2, -0.15) is 0 Å². The second-order valence-corrected chi connectivity index (χ2v) is 5.23. The van der Waals surface area contributed by atoms with E-state index in [0.717, 1.165) is 41.8 Å². The number of methoxy groups -OCH3 is 1. The van der Waals surface area contributed by atoms with E-state index in [9.17, 15) is 0 Å². The van der Waals surface area contributed by atoms with E-state index in [2.05, 4.69) is 23.3 Å². The summed E-state index contributed by atoms with van der Waals surface area (Å²) >= 11 is 0. The van der Waals surface area contributed by atoms with E-state index in [1.807, 2.05) is 24.4 Å². The van der Waals surface area contributed by atoms with Crippen LogP contribution in [0.4, 0.5) is 5.82 Å². The van der Waals surface area contributed by atoms with Gasteiger partial charge in [-0.3, -0.25) is 0 Å². The van der Waals surface area contributed by atoms with Crippen LogP contribution in [0.3, 0.4) is 0 Å². The van der Waals surface area contributed by atoms with Crippen LogP contribution in [0, 0.1) is 0 Å². The summed E-state index contributed by atoms with van der Waals surface area (Å²) in [4.78, 5) is 4.47. The summed E-state index contributed by atoms with van der Waals surface area (Å²) in [5.41, 5.74) is 0. The third-order valence-corrected chi connectivity index (χ3v) is 3.86. The number of nitrogens with one attached hydrogen (secondary N) is 1. The van der Waals surface area contributed by atoms with Gasteiger partial charge in [0.25, 0.3) is 0 Å². The minimum Gasteiger partial charge on any atom is -0.497 e. The Bertz CT molecular complexity index is 594. The van der Waals surface area contributed by atoms with Crippen LogP contribution in [0.25, 0.3) is 10.8 Å². The monoisotopic (exact) mass is 272 g/mol. The summed E-state index contributed by atoms with van der Waals surface area (Å²) in [6.45, 7) is 3.02. The minimum absolute atomic E-state index is 0.252. The highest BCUT2D eigenvalue weighted by Crippen LogP contribution is 2.27. The quantitative estimate of drug-likeness (QED) is 0.928. The highest BCUT2D eigenvalue weighted by molar-refractivity contribution is 5.92. The summed E-state index contributed by atoms with van der Waals surface area (Å²) in [5.74, 6) is 1.74. The third kappa shape index (κ3) is 2.56. The Hall–Kier alpha value is -1.81. The molecule has 1 aromatic heterocycles. The van der Waals surface area contributed by atoms with Crippen molar-refractivity contribution in [2.24, 2.45) is 0 Å². The highest BCUT2D eigenvalue weighted by Gasteiger charge is 2.22. The van der Waals surface area contributed by atoms with E-state index in [1.165, 1.54) is 0 Å². The van der Waals surface area contributed by atoms with Crippen LogP contribution in [0.2, 0.25) is 0 Å². The molecule has 2 aromatic rings. The second kappa shape index (κ2) is 5.67. The maximum Gasteiger partial charge on any atom is 0.134 e. The van der Waals surface area contributed by atoms with Crippen molar-refractivity contribution < 1.29 is 9.47 Å². The SMILES string of the molecule is COc1ccc2ccnc(NC(C)C3CCCO3)c2c1. The lowest BCUT2D eigenvalue weighted by Gasteiger charge is -2.21. The smallest absolute Gasteiger partial charge is 0.134 e. The van der Waals surface area contributed by atoms with Crippen LogP contribution in [0.5, 0.6) is 5.75 Å². The molecular formula is C16H20N2O2. The number of hydrogen-bond donors (Lipinski definition) is 1. The molecule has 0 amide bonds. The summed E-state index contributed by atoms with van der Waals surface area (Å²) in [7, 11) is 1.68. The van der Waals surface area contributed by atoms with Gasteiger partial charge in [-0.1, -0.05) is 6.07 Å². The minimum atomic E-state index is 0.252. The molecule has 4 nitrogen and oxygen atoms in total. The van der Waals surface area contributed by atoms with Crippen LogP contribution >= 0.6 is 0 Å². The second-order valence-electron chi connectivity index (χ2n) is 5.23. The van der Waals surface area contributed by atoms with Crippen molar-refractivity contribution in [2.45, 2.75) is 31.9 Å². The van der Waals surface area contributed by atoms with Gasteiger partial charge in [0.05, 0.1) is 19.3 Å². The lowest BCUT2D eigenvalue weighted by Crippen LogP contribution is -2.30. The van der Waals surface area contributed by atoms with Crippen molar-refractivity contribution >= 4 is 16.6 Å². The van der Waals surface area contributed by atoms with Gasteiger partial charge in [-0.25, -0.2) is 4.98 Å². The molecule has 1 aliphatic rings. The normalized spacial score (nSPS) is 20.0. The predicted molar refractivity (Wildman–Crippen MR) is 80.4 cm³/mol. The van der Waals surface area contributed by atoms with E-state index in [-0.39, 0.29) is 12.1 Å². The van der Waals surface area contributed by atoms with E-state index in [1.54, 1.807) is 7.11 Å². The molecule has 1 aromatic carbocycles. The van der Waals surface area contributed by atoms with Crippen LogP contribution in [0.1, 0.15) is 19.8 Å². The average molecular weight is 272 g/mol. The number of ether oxygens (including phenoxy) is 2. The van der Waals surface area contributed by atoms with Crippen LogP contribution in [-0.4, -0.2) is 30.8 Å². The van der Waals surface area contributed by atoms with Gasteiger partial charge in [0.1, 0.15) is 11.6 Å². The predicted octanol–water partition coefficient (Wildman–Crippen LogP) is 3.22. The van der Waals surface area contributed by atoms with Crippen molar-refractivity contribution in [2.75, 3.05) is 19.0 Å². The summed E-state index contributed by atoms with van der Waals surface area (Å²) in [6, 6.07) is 8.30. The molecule has 20 heavy (non-hydrogen) atoms. The Labute approximate surface area is 119 Å². The number of fused-ring (bicyclic) bond motifs is 1. The van der Waals surface area contributed by atoms with E-state index >= 15 is 0 Å². The fraction of sp³-hybridized carbons (Fsp3) is 0.438. The first kappa shape index (κ1) is 13.2. The standard InChI is InChI=1S/C16H20N2O2/c1-11(15-4-3-9-20-15)18-16-14-10-13(19-2)6-5-12(14)7-8-17-16/h5-8,10-11,15H,3-4,9H2,1-2H3,(H,17,18). The average Bonchev–Trinajstić information content (AvgIpc) is 3.01. The Balaban J connectivity index is 1.89. The topological polar surface area (TPSA) is 43.4 Å². The van der Waals surface area contributed by atoms with E-state index in [0.29, 0.717) is 0 Å². The van der Waals surface area contributed by atoms with Gasteiger partial charge >= 0.3 is 0 Å². The molecule has 1 N–H and O–H groups in total. The third-order valence-electron chi connectivity index (χ3n) is 3.86. The molecule has 1 saturated heterocycles. The molecule has 0 radical (unpaired) electrons.